The molecule has 104 valence electrons. The lowest BCUT2D eigenvalue weighted by molar-refractivity contribution is 0.0217. The van der Waals surface area contributed by atoms with Crippen molar-refractivity contribution in [2.24, 2.45) is 11.7 Å². The van der Waals surface area contributed by atoms with Crippen LogP contribution in [0.3, 0.4) is 0 Å². The van der Waals surface area contributed by atoms with Crippen molar-refractivity contribution in [2.75, 3.05) is 18.6 Å². The highest BCUT2D eigenvalue weighted by molar-refractivity contribution is 7.98. The number of ether oxygens (including phenoxy) is 1. The van der Waals surface area contributed by atoms with Crippen molar-refractivity contribution in [1.82, 2.24) is 10.1 Å². The molecule has 2 unspecified atom stereocenters. The van der Waals surface area contributed by atoms with Crippen LogP contribution in [-0.4, -0.2) is 28.8 Å². The Morgan fingerprint density at radius 2 is 2.17 bits per heavy atom. The summed E-state index contributed by atoms with van der Waals surface area (Å²) in [5.41, 5.74) is 5.99. The topological polar surface area (TPSA) is 74.2 Å². The van der Waals surface area contributed by atoms with Gasteiger partial charge in [0.05, 0.1) is 6.04 Å². The van der Waals surface area contributed by atoms with Gasteiger partial charge in [-0.1, -0.05) is 19.0 Å². The van der Waals surface area contributed by atoms with Gasteiger partial charge in [-0.25, -0.2) is 0 Å². The van der Waals surface area contributed by atoms with E-state index in [-0.39, 0.29) is 12.1 Å². The van der Waals surface area contributed by atoms with Gasteiger partial charge in [-0.05, 0) is 31.3 Å². The Hall–Kier alpha value is -0.590. The lowest BCUT2D eigenvalue weighted by Crippen LogP contribution is -2.14. The Bertz CT molecular complexity index is 344. The summed E-state index contributed by atoms with van der Waals surface area (Å²) in [6, 6.07) is -0.187. The zero-order chi connectivity index (χ0) is 13.5. The van der Waals surface area contributed by atoms with Gasteiger partial charge < -0.3 is 15.0 Å². The predicted molar refractivity (Wildman–Crippen MR) is 73.4 cm³/mol. The van der Waals surface area contributed by atoms with Crippen molar-refractivity contribution in [3.05, 3.63) is 11.7 Å². The van der Waals surface area contributed by atoms with Crippen LogP contribution in [0.2, 0.25) is 0 Å². The smallest absolute Gasteiger partial charge is 0.243 e. The van der Waals surface area contributed by atoms with Gasteiger partial charge in [-0.15, -0.1) is 0 Å². The number of hydrogen-bond acceptors (Lipinski definition) is 6. The minimum absolute atomic E-state index is 0.125. The molecule has 0 fully saturated rings. The van der Waals surface area contributed by atoms with E-state index in [2.05, 4.69) is 30.2 Å². The van der Waals surface area contributed by atoms with Gasteiger partial charge in [-0.2, -0.15) is 16.7 Å². The largest absolute Gasteiger partial charge is 0.370 e. The molecule has 2 N–H and O–H groups in total. The van der Waals surface area contributed by atoms with E-state index < -0.39 is 0 Å². The SMILES string of the molecule is CCOC(c1noc(C(N)CCSC)n1)C(C)C. The van der Waals surface area contributed by atoms with Crippen molar-refractivity contribution in [2.45, 2.75) is 39.3 Å². The van der Waals surface area contributed by atoms with E-state index in [9.17, 15) is 0 Å². The molecule has 0 aromatic carbocycles. The number of thioether (sulfide) groups is 1. The molecule has 1 aromatic heterocycles. The molecule has 0 aliphatic carbocycles. The van der Waals surface area contributed by atoms with E-state index in [1.807, 2.05) is 6.92 Å². The second-order valence-electron chi connectivity index (χ2n) is 4.50. The first-order valence-corrected chi connectivity index (χ1v) is 7.69. The van der Waals surface area contributed by atoms with Gasteiger partial charge in [0.2, 0.25) is 11.7 Å². The summed E-state index contributed by atoms with van der Waals surface area (Å²) in [5, 5.41) is 3.99. The Morgan fingerprint density at radius 1 is 1.44 bits per heavy atom. The average Bonchev–Trinajstić information content (AvgIpc) is 2.81. The van der Waals surface area contributed by atoms with E-state index in [1.54, 1.807) is 11.8 Å². The van der Waals surface area contributed by atoms with Crippen molar-refractivity contribution >= 4 is 11.8 Å². The molecule has 0 amide bonds. The molecule has 0 radical (unpaired) electrons. The Kier molecular flexibility index (Phi) is 6.67. The minimum Gasteiger partial charge on any atom is -0.370 e. The highest BCUT2D eigenvalue weighted by Crippen LogP contribution is 2.24. The summed E-state index contributed by atoms with van der Waals surface area (Å²) in [7, 11) is 0. The molecule has 1 heterocycles. The molecular weight excluding hydrogens is 250 g/mol. The lowest BCUT2D eigenvalue weighted by Gasteiger charge is -2.16. The fourth-order valence-corrected chi connectivity index (χ4v) is 2.12. The predicted octanol–water partition coefficient (Wildman–Crippen LogP) is 2.56. The number of nitrogens with zero attached hydrogens (tertiary/aromatic N) is 2. The summed E-state index contributed by atoms with van der Waals surface area (Å²) < 4.78 is 10.9. The van der Waals surface area contributed by atoms with E-state index in [0.29, 0.717) is 24.2 Å². The number of rotatable bonds is 8. The van der Waals surface area contributed by atoms with Gasteiger partial charge in [0.25, 0.3) is 0 Å². The minimum atomic E-state index is -0.187. The van der Waals surface area contributed by atoms with Crippen LogP contribution in [0.1, 0.15) is 51.1 Å². The quantitative estimate of drug-likeness (QED) is 0.784. The van der Waals surface area contributed by atoms with Crippen LogP contribution in [0.5, 0.6) is 0 Å². The maximum atomic E-state index is 5.99. The second kappa shape index (κ2) is 7.76. The zero-order valence-corrected chi connectivity index (χ0v) is 12.4. The normalized spacial score (nSPS) is 15.0. The third-order valence-corrected chi connectivity index (χ3v) is 3.26. The van der Waals surface area contributed by atoms with E-state index in [1.165, 1.54) is 0 Å². The van der Waals surface area contributed by atoms with Crippen LogP contribution < -0.4 is 5.73 Å². The molecule has 0 saturated carbocycles. The molecule has 18 heavy (non-hydrogen) atoms. The highest BCUT2D eigenvalue weighted by atomic mass is 32.2. The molecule has 0 spiro atoms. The first-order valence-electron chi connectivity index (χ1n) is 6.29. The fourth-order valence-electron chi connectivity index (χ4n) is 1.63. The van der Waals surface area contributed by atoms with Gasteiger partial charge in [0, 0.05) is 6.61 Å². The molecule has 0 aliphatic rings. The highest BCUT2D eigenvalue weighted by Gasteiger charge is 2.23. The molecule has 1 rings (SSSR count). The molecule has 0 bridgehead atoms. The number of hydrogen-bond donors (Lipinski definition) is 1. The Morgan fingerprint density at radius 3 is 2.72 bits per heavy atom. The standard InChI is InChI=1S/C12H23N3O2S/c1-5-16-10(8(2)3)11-14-12(17-15-11)9(13)6-7-18-4/h8-10H,5-7,13H2,1-4H3. The van der Waals surface area contributed by atoms with Crippen LogP contribution in [-0.2, 0) is 4.74 Å². The first-order chi connectivity index (χ1) is 8.60. The van der Waals surface area contributed by atoms with Crippen LogP contribution in [0.25, 0.3) is 0 Å². The Balaban J connectivity index is 2.71. The lowest BCUT2D eigenvalue weighted by atomic mass is 10.1. The third kappa shape index (κ3) is 4.26. The number of aromatic nitrogens is 2. The molecule has 6 heteroatoms. The van der Waals surface area contributed by atoms with Crippen LogP contribution >= 0.6 is 11.8 Å². The van der Waals surface area contributed by atoms with Crippen LogP contribution in [0.15, 0.2) is 4.52 Å². The molecule has 0 aliphatic heterocycles. The molecular formula is C12H23N3O2S. The van der Waals surface area contributed by atoms with Gasteiger partial charge in [0.1, 0.15) is 6.10 Å². The molecule has 5 nitrogen and oxygen atoms in total. The first kappa shape index (κ1) is 15.5. The Labute approximate surface area is 113 Å². The second-order valence-corrected chi connectivity index (χ2v) is 5.48. The monoisotopic (exact) mass is 273 g/mol. The fraction of sp³-hybridized carbons (Fsp3) is 0.833. The average molecular weight is 273 g/mol. The summed E-state index contributed by atoms with van der Waals surface area (Å²) in [5.74, 6) is 2.39. The third-order valence-electron chi connectivity index (χ3n) is 2.61. The van der Waals surface area contributed by atoms with E-state index in [4.69, 9.17) is 15.0 Å². The van der Waals surface area contributed by atoms with Crippen molar-refractivity contribution < 1.29 is 9.26 Å². The summed E-state index contributed by atoms with van der Waals surface area (Å²) >= 11 is 1.76. The summed E-state index contributed by atoms with van der Waals surface area (Å²) in [6.07, 6.45) is 2.76. The van der Waals surface area contributed by atoms with Crippen molar-refractivity contribution in [1.29, 1.82) is 0 Å². The van der Waals surface area contributed by atoms with Crippen LogP contribution in [0, 0.1) is 5.92 Å². The summed E-state index contributed by atoms with van der Waals surface area (Å²) in [6.45, 7) is 6.74. The zero-order valence-electron chi connectivity index (χ0n) is 11.5. The summed E-state index contributed by atoms with van der Waals surface area (Å²) in [4.78, 5) is 4.37. The van der Waals surface area contributed by atoms with Crippen molar-refractivity contribution in [3.63, 3.8) is 0 Å². The van der Waals surface area contributed by atoms with E-state index >= 15 is 0 Å². The number of nitrogens with two attached hydrogens (primary N) is 1. The molecule has 2 atom stereocenters. The van der Waals surface area contributed by atoms with Gasteiger partial charge in [0.15, 0.2) is 0 Å². The van der Waals surface area contributed by atoms with Crippen LogP contribution in [0.4, 0.5) is 0 Å². The maximum Gasteiger partial charge on any atom is 0.243 e. The molecule has 1 aromatic rings. The molecule has 0 saturated heterocycles. The van der Waals surface area contributed by atoms with Gasteiger partial charge in [-0.3, -0.25) is 0 Å². The van der Waals surface area contributed by atoms with Crippen molar-refractivity contribution in [3.8, 4) is 0 Å². The van der Waals surface area contributed by atoms with Gasteiger partial charge >= 0.3 is 0 Å². The maximum absolute atomic E-state index is 5.99. The van der Waals surface area contributed by atoms with E-state index in [0.717, 1.165) is 12.2 Å².